The summed E-state index contributed by atoms with van der Waals surface area (Å²) in [6.07, 6.45) is -5.33. The second-order valence-electron chi connectivity index (χ2n) is 4.92. The molecule has 1 aromatic rings. The third-order valence-corrected chi connectivity index (χ3v) is 3.35. The van der Waals surface area contributed by atoms with Crippen LogP contribution in [0.1, 0.15) is 30.9 Å². The van der Waals surface area contributed by atoms with E-state index in [0.29, 0.717) is 17.7 Å². The molecule has 0 amide bonds. The Labute approximate surface area is 135 Å². The number of Topliss-reactive ketones (excluding diaryl/α,β-unsaturated/α-hetero) is 1. The maximum atomic E-state index is 12.6. The largest absolute Gasteiger partial charge is 0.513 e. The molecule has 0 saturated heterocycles. The molecule has 1 aliphatic heterocycles. The van der Waals surface area contributed by atoms with E-state index in [0.717, 1.165) is 19.2 Å². The Balaban J connectivity index is 2.35. The number of benzene rings is 1. The Morgan fingerprint density at radius 2 is 1.88 bits per heavy atom. The van der Waals surface area contributed by atoms with Crippen LogP contribution in [0.2, 0.25) is 0 Å². The van der Waals surface area contributed by atoms with E-state index in [2.05, 4.69) is 9.73 Å². The zero-order valence-electron chi connectivity index (χ0n) is 12.9. The van der Waals surface area contributed by atoms with E-state index >= 15 is 0 Å². The van der Waals surface area contributed by atoms with Crippen LogP contribution in [0.5, 0.6) is 0 Å². The number of methoxy groups -OCH3 is 1. The zero-order chi connectivity index (χ0) is 17.9. The van der Waals surface area contributed by atoms with Gasteiger partial charge in [0.05, 0.1) is 30.5 Å². The molecule has 1 aromatic carbocycles. The Morgan fingerprint density at radius 3 is 2.38 bits per heavy atom. The summed E-state index contributed by atoms with van der Waals surface area (Å²) >= 11 is 0. The van der Waals surface area contributed by atoms with Gasteiger partial charge in [0.2, 0.25) is 5.78 Å². The third kappa shape index (κ3) is 3.81. The van der Waals surface area contributed by atoms with Crippen LogP contribution in [-0.2, 0) is 20.4 Å². The SMILES string of the molecule is CCC1=C(OC(=O)OC)C(=O)CC(c2ccc(C(F)(F)F)cc2)=N1. The van der Waals surface area contributed by atoms with Gasteiger partial charge in [-0.1, -0.05) is 19.1 Å². The lowest BCUT2D eigenvalue weighted by molar-refractivity contribution is -0.137. The maximum absolute atomic E-state index is 12.6. The van der Waals surface area contributed by atoms with E-state index in [1.807, 2.05) is 0 Å². The molecule has 0 atom stereocenters. The standard InChI is InChI=1S/C16H14F3NO4/c1-3-11-14(24-15(22)23-2)13(21)8-12(20-11)9-4-6-10(7-5-9)16(17,18)19/h4-7H,3,8H2,1-2H3. The van der Waals surface area contributed by atoms with Gasteiger partial charge < -0.3 is 9.47 Å². The van der Waals surface area contributed by atoms with Crippen molar-refractivity contribution in [3.63, 3.8) is 0 Å². The molecule has 0 radical (unpaired) electrons. The number of rotatable bonds is 3. The van der Waals surface area contributed by atoms with E-state index in [1.165, 1.54) is 12.1 Å². The fourth-order valence-electron chi connectivity index (χ4n) is 2.15. The molecule has 1 heterocycles. The number of carbonyl (C=O) groups excluding carboxylic acids is 2. The van der Waals surface area contributed by atoms with Gasteiger partial charge in [-0.2, -0.15) is 13.2 Å². The van der Waals surface area contributed by atoms with Gasteiger partial charge in [-0.15, -0.1) is 0 Å². The summed E-state index contributed by atoms with van der Waals surface area (Å²) in [6, 6.07) is 4.37. The van der Waals surface area contributed by atoms with Crippen molar-refractivity contribution < 1.29 is 32.2 Å². The van der Waals surface area contributed by atoms with Gasteiger partial charge in [0.15, 0.2) is 5.76 Å². The van der Waals surface area contributed by atoms with E-state index < -0.39 is 23.7 Å². The number of ether oxygens (including phenoxy) is 2. The fraction of sp³-hybridized carbons (Fsp3) is 0.312. The first-order valence-corrected chi connectivity index (χ1v) is 7.03. The van der Waals surface area contributed by atoms with Crippen molar-refractivity contribution >= 4 is 17.7 Å². The van der Waals surface area contributed by atoms with Gasteiger partial charge in [-0.05, 0) is 24.1 Å². The molecule has 128 valence electrons. The smallest absolute Gasteiger partial charge is 0.437 e. The zero-order valence-corrected chi connectivity index (χ0v) is 12.9. The number of hydrogen-bond donors (Lipinski definition) is 0. The number of carbonyl (C=O) groups is 2. The maximum Gasteiger partial charge on any atom is 0.513 e. The molecule has 5 nitrogen and oxygen atoms in total. The van der Waals surface area contributed by atoms with Crippen LogP contribution in [0, 0.1) is 0 Å². The summed E-state index contributed by atoms with van der Waals surface area (Å²) in [5.41, 5.74) is 0.184. The Hall–Kier alpha value is -2.64. The number of allylic oxidation sites excluding steroid dienone is 2. The molecule has 24 heavy (non-hydrogen) atoms. The summed E-state index contributed by atoms with van der Waals surface area (Å²) in [6.45, 7) is 1.71. The van der Waals surface area contributed by atoms with Gasteiger partial charge in [-0.25, -0.2) is 4.79 Å². The fourth-order valence-corrected chi connectivity index (χ4v) is 2.15. The van der Waals surface area contributed by atoms with Crippen molar-refractivity contribution in [1.82, 2.24) is 0 Å². The van der Waals surface area contributed by atoms with E-state index in [1.54, 1.807) is 6.92 Å². The average molecular weight is 341 g/mol. The van der Waals surface area contributed by atoms with Crippen LogP contribution >= 0.6 is 0 Å². The highest BCUT2D eigenvalue weighted by atomic mass is 19.4. The molecule has 0 aliphatic carbocycles. The molecule has 2 rings (SSSR count). The highest BCUT2D eigenvalue weighted by molar-refractivity contribution is 6.17. The van der Waals surface area contributed by atoms with Gasteiger partial charge in [0, 0.05) is 0 Å². The van der Waals surface area contributed by atoms with Gasteiger partial charge in [0.25, 0.3) is 0 Å². The second kappa shape index (κ2) is 6.86. The lowest BCUT2D eigenvalue weighted by Crippen LogP contribution is -2.22. The number of nitrogens with zero attached hydrogens (tertiary/aromatic N) is 1. The van der Waals surface area contributed by atoms with Crippen molar-refractivity contribution in [1.29, 1.82) is 0 Å². The quantitative estimate of drug-likeness (QED) is 0.783. The van der Waals surface area contributed by atoms with Crippen molar-refractivity contribution in [2.45, 2.75) is 25.9 Å². The Kier molecular flexibility index (Phi) is 5.06. The lowest BCUT2D eigenvalue weighted by atomic mass is 9.99. The predicted octanol–water partition coefficient (Wildman–Crippen LogP) is 3.87. The van der Waals surface area contributed by atoms with Crippen molar-refractivity contribution in [2.24, 2.45) is 4.99 Å². The Morgan fingerprint density at radius 1 is 1.25 bits per heavy atom. The average Bonchev–Trinajstić information content (AvgIpc) is 2.55. The Bertz CT molecular complexity index is 718. The molecule has 0 bridgehead atoms. The van der Waals surface area contributed by atoms with Crippen molar-refractivity contribution in [3.05, 3.63) is 46.8 Å². The number of hydrogen-bond acceptors (Lipinski definition) is 5. The van der Waals surface area contributed by atoms with Crippen LogP contribution in [-0.4, -0.2) is 24.8 Å². The molecule has 0 saturated carbocycles. The predicted molar refractivity (Wildman–Crippen MR) is 78.4 cm³/mol. The highest BCUT2D eigenvalue weighted by Crippen LogP contribution is 2.30. The molecule has 0 unspecified atom stereocenters. The first-order valence-electron chi connectivity index (χ1n) is 7.03. The second-order valence-corrected chi connectivity index (χ2v) is 4.92. The van der Waals surface area contributed by atoms with Gasteiger partial charge in [0.1, 0.15) is 0 Å². The molecular formula is C16H14F3NO4. The molecule has 8 heteroatoms. The number of aliphatic imine (C=N–C) groups is 1. The third-order valence-electron chi connectivity index (χ3n) is 3.35. The topological polar surface area (TPSA) is 65.0 Å². The van der Waals surface area contributed by atoms with Gasteiger partial charge in [-0.3, -0.25) is 9.79 Å². The number of alkyl halides is 3. The van der Waals surface area contributed by atoms with E-state index in [-0.39, 0.29) is 17.9 Å². The summed E-state index contributed by atoms with van der Waals surface area (Å²) in [7, 11) is 1.11. The summed E-state index contributed by atoms with van der Waals surface area (Å²) in [5, 5.41) is 0. The molecule has 0 N–H and O–H groups in total. The van der Waals surface area contributed by atoms with Crippen LogP contribution in [0.3, 0.4) is 0 Å². The van der Waals surface area contributed by atoms with Crippen LogP contribution in [0.25, 0.3) is 0 Å². The number of ketones is 1. The van der Waals surface area contributed by atoms with Crippen molar-refractivity contribution in [2.75, 3.05) is 7.11 Å². The summed E-state index contributed by atoms with van der Waals surface area (Å²) in [4.78, 5) is 27.6. The minimum atomic E-state index is -4.43. The highest BCUT2D eigenvalue weighted by Gasteiger charge is 2.31. The van der Waals surface area contributed by atoms with Crippen LogP contribution in [0.15, 0.2) is 40.7 Å². The minimum Gasteiger partial charge on any atom is -0.437 e. The van der Waals surface area contributed by atoms with Crippen LogP contribution < -0.4 is 0 Å². The van der Waals surface area contributed by atoms with E-state index in [9.17, 15) is 22.8 Å². The molecule has 0 fully saturated rings. The molecule has 0 aromatic heterocycles. The van der Waals surface area contributed by atoms with Crippen LogP contribution in [0.4, 0.5) is 18.0 Å². The van der Waals surface area contributed by atoms with E-state index in [4.69, 9.17) is 4.74 Å². The van der Waals surface area contributed by atoms with Crippen molar-refractivity contribution in [3.8, 4) is 0 Å². The first-order chi connectivity index (χ1) is 11.3. The molecular weight excluding hydrogens is 327 g/mol. The summed E-state index contributed by atoms with van der Waals surface area (Å²) < 4.78 is 46.9. The minimum absolute atomic E-state index is 0.179. The molecule has 1 aliphatic rings. The molecule has 0 spiro atoms. The number of halogens is 3. The monoisotopic (exact) mass is 341 g/mol. The normalized spacial score (nSPS) is 15.2. The first kappa shape index (κ1) is 17.7. The summed E-state index contributed by atoms with van der Waals surface area (Å²) in [5.74, 6) is -0.679. The lowest BCUT2D eigenvalue weighted by Gasteiger charge is -2.17. The van der Waals surface area contributed by atoms with Gasteiger partial charge >= 0.3 is 12.3 Å².